The number of nitrogens with one attached hydrogen (secondary N) is 1. The van der Waals surface area contributed by atoms with Crippen molar-refractivity contribution in [2.75, 3.05) is 19.0 Å². The molecule has 0 aromatic heterocycles. The van der Waals surface area contributed by atoms with Gasteiger partial charge in [-0.2, -0.15) is 30.6 Å². The Morgan fingerprint density at radius 3 is 2.15 bits per heavy atom. The van der Waals surface area contributed by atoms with Gasteiger partial charge in [0.1, 0.15) is 11.8 Å². The lowest BCUT2D eigenvalue weighted by Gasteiger charge is -2.24. The molecule has 0 unspecified atom stereocenters. The van der Waals surface area contributed by atoms with Crippen molar-refractivity contribution >= 4 is 21.6 Å². The van der Waals surface area contributed by atoms with Crippen LogP contribution in [0.3, 0.4) is 0 Å². The molecule has 34 heavy (non-hydrogen) atoms. The highest BCUT2D eigenvalue weighted by Gasteiger charge is 2.41. The quantitative estimate of drug-likeness (QED) is 0.585. The average molecular weight is 510 g/mol. The number of carbonyl (C=O) groups is 1. The summed E-state index contributed by atoms with van der Waals surface area (Å²) in [7, 11) is -2.87. The summed E-state index contributed by atoms with van der Waals surface area (Å²) >= 11 is 0. The minimum atomic E-state index is -5.09. The standard InChI is InChI=1S/C21H20F6N2O4S/c1-12-5-6-16(33-2)11-18(12)34(31,32)29-7-3-4-17(29)19(30)28-15-9-13(20(22,23)24)8-14(10-15)21(25,26)27/h5-6,8-11,17H,3-4,7H2,1-2H3,(H,28,30)/t17-/m1/s1. The topological polar surface area (TPSA) is 75.7 Å². The molecule has 2 aromatic carbocycles. The first kappa shape index (κ1) is 25.8. The van der Waals surface area contributed by atoms with E-state index in [0.29, 0.717) is 17.7 Å². The van der Waals surface area contributed by atoms with Gasteiger partial charge in [0, 0.05) is 18.3 Å². The van der Waals surface area contributed by atoms with Crippen LogP contribution < -0.4 is 10.1 Å². The number of methoxy groups -OCH3 is 1. The Hall–Kier alpha value is -2.80. The second-order valence-electron chi connectivity index (χ2n) is 7.69. The molecule has 1 fully saturated rings. The molecule has 3 rings (SSSR count). The minimum absolute atomic E-state index is 0.0408. The highest BCUT2D eigenvalue weighted by Crippen LogP contribution is 2.38. The number of hydrogen-bond donors (Lipinski definition) is 1. The first-order valence-electron chi connectivity index (χ1n) is 9.91. The van der Waals surface area contributed by atoms with Gasteiger partial charge in [-0.25, -0.2) is 8.42 Å². The number of ether oxygens (including phenoxy) is 1. The number of rotatable bonds is 5. The number of carbonyl (C=O) groups excluding carboxylic acids is 1. The van der Waals surface area contributed by atoms with Gasteiger partial charge in [-0.1, -0.05) is 6.07 Å². The van der Waals surface area contributed by atoms with Crippen LogP contribution in [0.15, 0.2) is 41.3 Å². The number of nitrogens with zero attached hydrogens (tertiary/aromatic N) is 1. The van der Waals surface area contributed by atoms with Crippen molar-refractivity contribution in [3.05, 3.63) is 53.1 Å². The SMILES string of the molecule is COc1ccc(C)c(S(=O)(=O)N2CCC[C@@H]2C(=O)Nc2cc(C(F)(F)F)cc(C(F)(F)F)c2)c1. The third-order valence-electron chi connectivity index (χ3n) is 5.34. The molecule has 1 N–H and O–H groups in total. The smallest absolute Gasteiger partial charge is 0.416 e. The second kappa shape index (κ2) is 9.10. The Morgan fingerprint density at radius 2 is 1.62 bits per heavy atom. The predicted octanol–water partition coefficient (Wildman–Crippen LogP) is 4.83. The van der Waals surface area contributed by atoms with E-state index < -0.39 is 51.1 Å². The van der Waals surface area contributed by atoms with E-state index in [1.807, 2.05) is 5.32 Å². The molecule has 1 aliphatic rings. The summed E-state index contributed by atoms with van der Waals surface area (Å²) in [5.74, 6) is -0.776. The number of hydrogen-bond acceptors (Lipinski definition) is 4. The molecule has 0 radical (unpaired) electrons. The molecule has 1 atom stereocenters. The molecular weight excluding hydrogens is 490 g/mol. The van der Waals surface area contributed by atoms with Crippen LogP contribution in [-0.2, 0) is 27.2 Å². The number of anilines is 1. The van der Waals surface area contributed by atoms with Gasteiger partial charge in [0.05, 0.1) is 23.1 Å². The molecule has 186 valence electrons. The fourth-order valence-corrected chi connectivity index (χ4v) is 5.55. The van der Waals surface area contributed by atoms with E-state index in [1.54, 1.807) is 13.0 Å². The fourth-order valence-electron chi connectivity index (χ4n) is 3.65. The zero-order valence-electron chi connectivity index (χ0n) is 17.9. The molecule has 0 spiro atoms. The van der Waals surface area contributed by atoms with Gasteiger partial charge in [-0.3, -0.25) is 4.79 Å². The summed E-state index contributed by atoms with van der Waals surface area (Å²) in [6.07, 6.45) is -9.86. The number of amides is 1. The average Bonchev–Trinajstić information content (AvgIpc) is 3.23. The van der Waals surface area contributed by atoms with Crippen molar-refractivity contribution < 1.29 is 44.3 Å². The lowest BCUT2D eigenvalue weighted by Crippen LogP contribution is -2.43. The summed E-state index contributed by atoms with van der Waals surface area (Å²) in [6.45, 7) is 1.49. The lowest BCUT2D eigenvalue weighted by atomic mass is 10.1. The van der Waals surface area contributed by atoms with Crippen molar-refractivity contribution in [2.24, 2.45) is 0 Å². The highest BCUT2D eigenvalue weighted by molar-refractivity contribution is 7.89. The minimum Gasteiger partial charge on any atom is -0.497 e. The summed E-state index contributed by atoms with van der Waals surface area (Å²) < 4.78 is 111. The maximum atomic E-state index is 13.3. The third kappa shape index (κ3) is 5.30. The van der Waals surface area contributed by atoms with Crippen LogP contribution in [0.25, 0.3) is 0 Å². The van der Waals surface area contributed by atoms with Crippen LogP contribution in [0.1, 0.15) is 29.5 Å². The van der Waals surface area contributed by atoms with E-state index in [4.69, 9.17) is 4.74 Å². The maximum Gasteiger partial charge on any atom is 0.416 e. The molecular formula is C21H20F6N2O4S. The van der Waals surface area contributed by atoms with Crippen molar-refractivity contribution in [1.29, 1.82) is 0 Å². The Balaban J connectivity index is 1.94. The van der Waals surface area contributed by atoms with E-state index in [1.165, 1.54) is 19.2 Å². The van der Waals surface area contributed by atoms with Crippen LogP contribution in [0.2, 0.25) is 0 Å². The zero-order chi connectivity index (χ0) is 25.5. The Labute approximate surface area is 191 Å². The molecule has 1 heterocycles. The molecule has 2 aromatic rings. The Kier molecular flexibility index (Phi) is 6.91. The van der Waals surface area contributed by atoms with Crippen LogP contribution in [0.4, 0.5) is 32.0 Å². The van der Waals surface area contributed by atoms with E-state index in [2.05, 4.69) is 0 Å². The van der Waals surface area contributed by atoms with Gasteiger partial charge < -0.3 is 10.1 Å². The van der Waals surface area contributed by atoms with Crippen molar-refractivity contribution in [1.82, 2.24) is 4.31 Å². The summed E-state index contributed by atoms with van der Waals surface area (Å²) in [5.41, 5.74) is -3.56. The maximum absolute atomic E-state index is 13.3. The van der Waals surface area contributed by atoms with Gasteiger partial charge in [0.25, 0.3) is 0 Å². The first-order chi connectivity index (χ1) is 15.6. The van der Waals surface area contributed by atoms with Crippen molar-refractivity contribution in [2.45, 2.75) is 43.1 Å². The summed E-state index contributed by atoms with van der Waals surface area (Å²) in [5, 5.41) is 2.03. The second-order valence-corrected chi connectivity index (χ2v) is 9.55. The van der Waals surface area contributed by atoms with Crippen LogP contribution in [0, 0.1) is 6.92 Å². The number of halogens is 6. The summed E-state index contributed by atoms with van der Waals surface area (Å²) in [4.78, 5) is 12.7. The predicted molar refractivity (Wildman–Crippen MR) is 110 cm³/mol. The molecule has 1 aliphatic heterocycles. The monoisotopic (exact) mass is 510 g/mol. The lowest BCUT2D eigenvalue weighted by molar-refractivity contribution is -0.143. The molecule has 6 nitrogen and oxygen atoms in total. The van der Waals surface area contributed by atoms with Gasteiger partial charge in [-0.15, -0.1) is 0 Å². The molecule has 0 aliphatic carbocycles. The summed E-state index contributed by atoms with van der Waals surface area (Å²) in [6, 6.07) is 3.69. The van der Waals surface area contributed by atoms with Gasteiger partial charge in [0.15, 0.2) is 0 Å². The van der Waals surface area contributed by atoms with Gasteiger partial charge in [-0.05, 0) is 49.6 Å². The van der Waals surface area contributed by atoms with Crippen molar-refractivity contribution in [3.63, 3.8) is 0 Å². The highest BCUT2D eigenvalue weighted by atomic mass is 32.2. The third-order valence-corrected chi connectivity index (χ3v) is 7.39. The molecule has 1 saturated heterocycles. The van der Waals surface area contributed by atoms with Gasteiger partial charge in [0.2, 0.25) is 15.9 Å². The molecule has 1 amide bonds. The van der Waals surface area contributed by atoms with E-state index >= 15 is 0 Å². The number of benzene rings is 2. The van der Waals surface area contributed by atoms with Crippen LogP contribution in [0.5, 0.6) is 5.75 Å². The van der Waals surface area contributed by atoms with Crippen LogP contribution >= 0.6 is 0 Å². The molecule has 13 heteroatoms. The largest absolute Gasteiger partial charge is 0.497 e. The van der Waals surface area contributed by atoms with Crippen LogP contribution in [-0.4, -0.2) is 38.3 Å². The normalized spacial score (nSPS) is 17.6. The number of alkyl halides is 6. The molecule has 0 saturated carbocycles. The first-order valence-corrected chi connectivity index (χ1v) is 11.4. The number of sulfonamides is 1. The van der Waals surface area contributed by atoms with E-state index in [9.17, 15) is 39.6 Å². The fraction of sp³-hybridized carbons (Fsp3) is 0.381. The number of aryl methyl sites for hydroxylation is 1. The van der Waals surface area contributed by atoms with Crippen molar-refractivity contribution in [3.8, 4) is 5.75 Å². The Bertz CT molecular complexity index is 1160. The zero-order valence-corrected chi connectivity index (χ0v) is 18.7. The molecule has 0 bridgehead atoms. The van der Waals surface area contributed by atoms with E-state index in [-0.39, 0.29) is 36.1 Å². The Morgan fingerprint density at radius 1 is 1.03 bits per heavy atom. The van der Waals surface area contributed by atoms with Gasteiger partial charge >= 0.3 is 12.4 Å². The van der Waals surface area contributed by atoms with E-state index in [0.717, 1.165) is 4.31 Å².